The van der Waals surface area contributed by atoms with Gasteiger partial charge in [0.15, 0.2) is 0 Å². The molecule has 0 saturated carbocycles. The van der Waals surface area contributed by atoms with Gasteiger partial charge in [0.2, 0.25) is 0 Å². The zero-order valence-corrected chi connectivity index (χ0v) is 16.6. The molecular formula is C19H40N2O4. The normalized spacial score (nSPS) is 12.5. The molecule has 6 heteroatoms. The molecule has 25 heavy (non-hydrogen) atoms. The fourth-order valence-corrected chi connectivity index (χ4v) is 2.71. The summed E-state index contributed by atoms with van der Waals surface area (Å²) in [5.41, 5.74) is 5.10. The van der Waals surface area contributed by atoms with Crippen LogP contribution in [0.4, 0.5) is 4.79 Å². The lowest BCUT2D eigenvalue weighted by molar-refractivity contribution is -0.302. The summed E-state index contributed by atoms with van der Waals surface area (Å²) in [7, 11) is 0. The van der Waals surface area contributed by atoms with Gasteiger partial charge in [-0.1, -0.05) is 51.9 Å². The number of rotatable bonds is 18. The Morgan fingerprint density at radius 2 is 1.44 bits per heavy atom. The minimum absolute atomic E-state index is 0.0772. The molecular weight excluding hydrogens is 320 g/mol. The Balaban J connectivity index is 4.14. The van der Waals surface area contributed by atoms with Crippen LogP contribution in [0.1, 0.15) is 85.0 Å². The van der Waals surface area contributed by atoms with E-state index in [2.05, 4.69) is 12.2 Å². The summed E-state index contributed by atoms with van der Waals surface area (Å²) in [6.07, 6.45) is 11.7. The van der Waals surface area contributed by atoms with Crippen molar-refractivity contribution >= 4 is 6.03 Å². The Morgan fingerprint density at radius 1 is 0.880 bits per heavy atom. The molecule has 0 fully saturated rings. The Morgan fingerprint density at radius 3 is 2.00 bits per heavy atom. The number of amides is 2. The number of urea groups is 1. The maximum Gasteiger partial charge on any atom is 0.312 e. The average molecular weight is 361 g/mol. The first-order valence-electron chi connectivity index (χ1n) is 10.1. The topological polar surface area (TPSA) is 82.8 Å². The fraction of sp³-hybridized carbons (Fsp3) is 0.947. The van der Waals surface area contributed by atoms with E-state index < -0.39 is 12.5 Å². The Bertz CT molecular complexity index is 297. The van der Waals surface area contributed by atoms with Crippen molar-refractivity contribution in [1.29, 1.82) is 0 Å². The summed E-state index contributed by atoms with van der Waals surface area (Å²) >= 11 is 0. The predicted molar refractivity (Wildman–Crippen MR) is 101 cm³/mol. The van der Waals surface area contributed by atoms with E-state index in [1.807, 2.05) is 13.8 Å². The molecule has 0 bridgehead atoms. The highest BCUT2D eigenvalue weighted by Gasteiger charge is 2.17. The van der Waals surface area contributed by atoms with Gasteiger partial charge >= 0.3 is 6.03 Å². The number of nitrogens with two attached hydrogens (primary N) is 1. The molecule has 0 aromatic heterocycles. The van der Waals surface area contributed by atoms with Gasteiger partial charge in [-0.15, -0.1) is 0 Å². The van der Waals surface area contributed by atoms with Gasteiger partial charge in [-0.2, -0.15) is 0 Å². The van der Waals surface area contributed by atoms with Crippen LogP contribution in [-0.2, 0) is 14.2 Å². The van der Waals surface area contributed by atoms with Gasteiger partial charge in [0, 0.05) is 19.8 Å². The summed E-state index contributed by atoms with van der Waals surface area (Å²) in [6, 6.07) is -0.481. The van der Waals surface area contributed by atoms with Crippen molar-refractivity contribution in [2.24, 2.45) is 5.73 Å². The summed E-state index contributed by atoms with van der Waals surface area (Å²) < 4.78 is 17.0. The first-order chi connectivity index (χ1) is 12.1. The molecule has 0 aliphatic rings. The van der Waals surface area contributed by atoms with Crippen LogP contribution in [0.25, 0.3) is 0 Å². The summed E-state index contributed by atoms with van der Waals surface area (Å²) in [4.78, 5) is 10.8. The van der Waals surface area contributed by atoms with Crippen LogP contribution in [0, 0.1) is 0 Å². The molecule has 150 valence electrons. The minimum atomic E-state index is -0.603. The molecule has 2 amide bonds. The van der Waals surface area contributed by atoms with Crippen LogP contribution < -0.4 is 11.1 Å². The van der Waals surface area contributed by atoms with Gasteiger partial charge in [0.1, 0.15) is 0 Å². The number of hydrogen-bond donors (Lipinski definition) is 2. The van der Waals surface area contributed by atoms with Gasteiger partial charge in [0.25, 0.3) is 6.48 Å². The van der Waals surface area contributed by atoms with E-state index in [9.17, 15) is 4.79 Å². The number of nitrogens with one attached hydrogen (secondary N) is 1. The quantitative estimate of drug-likeness (QED) is 0.282. The lowest BCUT2D eigenvalue weighted by atomic mass is 10.0. The molecule has 0 spiro atoms. The van der Waals surface area contributed by atoms with Gasteiger partial charge in [0.05, 0.1) is 6.10 Å². The molecule has 0 heterocycles. The molecule has 6 nitrogen and oxygen atoms in total. The molecule has 0 saturated heterocycles. The second-order valence-electron chi connectivity index (χ2n) is 6.30. The van der Waals surface area contributed by atoms with Crippen molar-refractivity contribution in [3.63, 3.8) is 0 Å². The standard InChI is InChI=1S/C19H40N2O4/c1-4-7-8-9-10-11-12-14-17(15-13-16-21-18(20)22)25-19(23-5-2)24-6-3/h17,19H,4-16H2,1-3H3,(H3,20,21,22). The second-order valence-corrected chi connectivity index (χ2v) is 6.30. The van der Waals surface area contributed by atoms with Crippen LogP contribution in [-0.4, -0.2) is 38.4 Å². The SMILES string of the molecule is CCCCCCCCCC(CCCNC(N)=O)OC(OCC)OCC. The molecule has 0 aromatic carbocycles. The van der Waals surface area contributed by atoms with Gasteiger partial charge in [-0.3, -0.25) is 0 Å². The molecule has 1 atom stereocenters. The van der Waals surface area contributed by atoms with E-state index in [4.69, 9.17) is 19.9 Å². The highest BCUT2D eigenvalue weighted by Crippen LogP contribution is 2.17. The average Bonchev–Trinajstić information content (AvgIpc) is 2.57. The van der Waals surface area contributed by atoms with E-state index in [1.54, 1.807) is 0 Å². The largest absolute Gasteiger partial charge is 0.352 e. The second kappa shape index (κ2) is 18.0. The highest BCUT2D eigenvalue weighted by molar-refractivity contribution is 5.71. The van der Waals surface area contributed by atoms with Gasteiger partial charge < -0.3 is 25.3 Å². The molecule has 0 aliphatic heterocycles. The zero-order valence-electron chi connectivity index (χ0n) is 16.6. The lowest BCUT2D eigenvalue weighted by Gasteiger charge is -2.24. The zero-order chi connectivity index (χ0) is 18.8. The van der Waals surface area contributed by atoms with Gasteiger partial charge in [-0.25, -0.2) is 4.79 Å². The molecule has 0 rings (SSSR count). The van der Waals surface area contributed by atoms with Crippen molar-refractivity contribution in [1.82, 2.24) is 5.32 Å². The van der Waals surface area contributed by atoms with Crippen LogP contribution in [0.3, 0.4) is 0 Å². The van der Waals surface area contributed by atoms with E-state index in [0.717, 1.165) is 25.7 Å². The molecule has 0 aromatic rings. The highest BCUT2D eigenvalue weighted by atomic mass is 16.8. The smallest absolute Gasteiger partial charge is 0.312 e. The number of carbonyl (C=O) groups excluding carboxylic acids is 1. The van der Waals surface area contributed by atoms with Crippen LogP contribution in [0.15, 0.2) is 0 Å². The van der Waals surface area contributed by atoms with Crippen molar-refractivity contribution in [2.45, 2.75) is 97.6 Å². The van der Waals surface area contributed by atoms with Crippen molar-refractivity contribution in [3.05, 3.63) is 0 Å². The maximum absolute atomic E-state index is 10.8. The molecule has 3 N–H and O–H groups in total. The number of primary amides is 1. The van der Waals surface area contributed by atoms with Gasteiger partial charge in [-0.05, 0) is 33.1 Å². The van der Waals surface area contributed by atoms with Crippen molar-refractivity contribution < 1.29 is 19.0 Å². The number of ether oxygens (including phenoxy) is 3. The van der Waals surface area contributed by atoms with Crippen LogP contribution in [0.2, 0.25) is 0 Å². The van der Waals surface area contributed by atoms with Crippen molar-refractivity contribution in [2.75, 3.05) is 19.8 Å². The Hall–Kier alpha value is -0.850. The predicted octanol–water partition coefficient (Wildman–Crippen LogP) is 4.32. The Kier molecular flexibility index (Phi) is 17.3. The monoisotopic (exact) mass is 360 g/mol. The van der Waals surface area contributed by atoms with E-state index in [-0.39, 0.29) is 6.10 Å². The molecule has 1 unspecified atom stereocenters. The van der Waals surface area contributed by atoms with E-state index >= 15 is 0 Å². The van der Waals surface area contributed by atoms with E-state index in [1.165, 1.54) is 38.5 Å². The van der Waals surface area contributed by atoms with Crippen molar-refractivity contribution in [3.8, 4) is 0 Å². The first kappa shape index (κ1) is 24.1. The summed E-state index contributed by atoms with van der Waals surface area (Å²) in [6.45, 7) is 7.17. The minimum Gasteiger partial charge on any atom is -0.352 e. The van der Waals surface area contributed by atoms with Crippen LogP contribution in [0.5, 0.6) is 0 Å². The summed E-state index contributed by atoms with van der Waals surface area (Å²) in [5, 5.41) is 2.62. The Labute approximate surface area is 154 Å². The van der Waals surface area contributed by atoms with Crippen LogP contribution >= 0.6 is 0 Å². The maximum atomic E-state index is 10.8. The number of hydrogen-bond acceptors (Lipinski definition) is 4. The third-order valence-electron chi connectivity index (χ3n) is 4.04. The third kappa shape index (κ3) is 16.4. The number of unbranched alkanes of at least 4 members (excludes halogenated alkanes) is 6. The fourth-order valence-electron chi connectivity index (χ4n) is 2.71. The lowest BCUT2D eigenvalue weighted by Crippen LogP contribution is -2.31. The first-order valence-corrected chi connectivity index (χ1v) is 10.1. The summed E-state index contributed by atoms with van der Waals surface area (Å²) in [5.74, 6) is 0. The molecule has 0 aliphatic carbocycles. The van der Waals surface area contributed by atoms with E-state index in [0.29, 0.717) is 19.8 Å². The third-order valence-corrected chi connectivity index (χ3v) is 4.04. The number of carbonyl (C=O) groups is 1. The molecule has 0 radical (unpaired) electrons.